The van der Waals surface area contributed by atoms with Crippen LogP contribution >= 0.6 is 11.6 Å². The summed E-state index contributed by atoms with van der Waals surface area (Å²) in [5, 5.41) is 0.702. The molecule has 3 aliphatic heterocycles. The molecule has 3 aromatic carbocycles. The first kappa shape index (κ1) is 19.4. The molecule has 3 aromatic rings. The van der Waals surface area contributed by atoms with Crippen molar-refractivity contribution in [2.75, 3.05) is 26.5 Å². The first-order chi connectivity index (χ1) is 15.8. The fourth-order valence-corrected chi connectivity index (χ4v) is 4.83. The van der Waals surface area contributed by atoms with Crippen LogP contribution in [0.1, 0.15) is 22.3 Å². The van der Waals surface area contributed by atoms with Gasteiger partial charge < -0.3 is 19.1 Å². The largest absolute Gasteiger partial charge is 0.454 e. The monoisotopic (exact) mass is 444 g/mol. The summed E-state index contributed by atoms with van der Waals surface area (Å²) in [5.41, 5.74) is 3.57. The number of hydrogen-bond acceptors (Lipinski definition) is 5. The van der Waals surface area contributed by atoms with E-state index in [0.29, 0.717) is 11.6 Å². The van der Waals surface area contributed by atoms with Gasteiger partial charge in [0.1, 0.15) is 5.84 Å². The van der Waals surface area contributed by atoms with E-state index in [-0.39, 0.29) is 6.79 Å². The van der Waals surface area contributed by atoms with Crippen molar-refractivity contribution in [3.05, 3.63) is 100 Å². The first-order valence-corrected chi connectivity index (χ1v) is 11.0. The number of rotatable bonds is 5. The van der Waals surface area contributed by atoms with E-state index in [2.05, 4.69) is 29.2 Å². The van der Waals surface area contributed by atoms with E-state index in [1.54, 1.807) is 0 Å². The van der Waals surface area contributed by atoms with Crippen molar-refractivity contribution in [2.45, 2.75) is 5.72 Å². The van der Waals surface area contributed by atoms with E-state index in [1.165, 1.54) is 0 Å². The van der Waals surface area contributed by atoms with Crippen molar-refractivity contribution in [3.63, 3.8) is 0 Å². The summed E-state index contributed by atoms with van der Waals surface area (Å²) in [5.74, 6) is 2.55. The molecule has 160 valence electrons. The molecule has 3 aliphatic rings. The van der Waals surface area contributed by atoms with Crippen LogP contribution in [-0.2, 0) is 10.5 Å². The molecule has 0 saturated carbocycles. The van der Waals surface area contributed by atoms with Crippen molar-refractivity contribution in [2.24, 2.45) is 4.99 Å². The van der Waals surface area contributed by atoms with Crippen LogP contribution < -0.4 is 9.47 Å². The molecule has 0 amide bonds. The molecular weight excluding hydrogens is 424 g/mol. The highest BCUT2D eigenvalue weighted by Gasteiger charge is 2.51. The van der Waals surface area contributed by atoms with Gasteiger partial charge in [0.05, 0.1) is 13.2 Å². The van der Waals surface area contributed by atoms with E-state index in [0.717, 1.165) is 52.7 Å². The number of benzene rings is 3. The Hall–Kier alpha value is -3.28. The van der Waals surface area contributed by atoms with Gasteiger partial charge in [-0.2, -0.15) is 0 Å². The molecule has 0 spiro atoms. The summed E-state index contributed by atoms with van der Waals surface area (Å²) in [6.07, 6.45) is 4.07. The molecule has 0 radical (unpaired) electrons. The molecular formula is C26H21ClN2O3. The van der Waals surface area contributed by atoms with Gasteiger partial charge in [0, 0.05) is 28.3 Å². The number of nitrogens with zero attached hydrogens (tertiary/aromatic N) is 2. The zero-order chi connectivity index (χ0) is 21.5. The van der Waals surface area contributed by atoms with Gasteiger partial charge in [0.2, 0.25) is 6.79 Å². The topological polar surface area (TPSA) is 43.3 Å². The molecule has 1 unspecified atom stereocenters. The minimum Gasteiger partial charge on any atom is -0.454 e. The zero-order valence-corrected chi connectivity index (χ0v) is 18.1. The van der Waals surface area contributed by atoms with Gasteiger partial charge in [-0.15, -0.1) is 0 Å². The van der Waals surface area contributed by atoms with E-state index in [4.69, 9.17) is 30.8 Å². The molecule has 6 rings (SSSR count). The predicted octanol–water partition coefficient (Wildman–Crippen LogP) is 5.08. The van der Waals surface area contributed by atoms with Crippen molar-refractivity contribution < 1.29 is 14.2 Å². The SMILES string of the molecule is Clc1ccc(C2(OC/C=C/c3ccc4c(c3)OCO4)c3ccccc3C3=NCCN32)cc1. The minimum absolute atomic E-state index is 0.272. The average molecular weight is 445 g/mol. The smallest absolute Gasteiger partial charge is 0.231 e. The van der Waals surface area contributed by atoms with E-state index in [1.807, 2.05) is 54.6 Å². The maximum Gasteiger partial charge on any atom is 0.231 e. The summed E-state index contributed by atoms with van der Waals surface area (Å²) in [6, 6.07) is 22.2. The number of hydrogen-bond donors (Lipinski definition) is 0. The van der Waals surface area contributed by atoms with E-state index in [9.17, 15) is 0 Å². The lowest BCUT2D eigenvalue weighted by molar-refractivity contribution is -0.0817. The van der Waals surface area contributed by atoms with Gasteiger partial charge in [0.15, 0.2) is 17.2 Å². The first-order valence-electron chi connectivity index (χ1n) is 10.6. The van der Waals surface area contributed by atoms with Gasteiger partial charge >= 0.3 is 0 Å². The summed E-state index contributed by atoms with van der Waals surface area (Å²) in [4.78, 5) is 7.05. The maximum atomic E-state index is 6.73. The van der Waals surface area contributed by atoms with E-state index >= 15 is 0 Å². The van der Waals surface area contributed by atoms with Crippen LogP contribution in [0.25, 0.3) is 6.08 Å². The molecule has 0 bridgehead atoms. The van der Waals surface area contributed by atoms with Crippen LogP contribution in [0.5, 0.6) is 11.5 Å². The van der Waals surface area contributed by atoms with Gasteiger partial charge in [-0.05, 0) is 29.8 Å². The molecule has 0 aliphatic carbocycles. The van der Waals surface area contributed by atoms with Crippen molar-refractivity contribution >= 4 is 23.5 Å². The van der Waals surface area contributed by atoms with Crippen molar-refractivity contribution in [3.8, 4) is 11.5 Å². The van der Waals surface area contributed by atoms with Crippen LogP contribution in [0, 0.1) is 0 Å². The average Bonchev–Trinajstić information content (AvgIpc) is 3.54. The normalized spacial score (nSPS) is 20.5. The number of fused-ring (bicyclic) bond motifs is 4. The Labute approximate surface area is 191 Å². The summed E-state index contributed by atoms with van der Waals surface area (Å²) in [7, 11) is 0. The van der Waals surface area contributed by atoms with Crippen molar-refractivity contribution in [1.82, 2.24) is 4.90 Å². The Balaban J connectivity index is 1.35. The number of ether oxygens (including phenoxy) is 3. The molecule has 6 heteroatoms. The standard InChI is InChI=1S/C26H21ClN2O3/c27-20-10-8-19(9-11-20)26(22-6-2-1-5-21(22)25-28-13-14-29(25)26)32-15-3-4-18-7-12-23-24(16-18)31-17-30-23/h1-12,16H,13-15,17H2/b4-3+. The highest BCUT2D eigenvalue weighted by Crippen LogP contribution is 2.47. The summed E-state index contributed by atoms with van der Waals surface area (Å²) < 4.78 is 17.6. The third-order valence-electron chi connectivity index (χ3n) is 6.08. The van der Waals surface area contributed by atoms with Crippen LogP contribution in [0.15, 0.2) is 77.8 Å². The second-order valence-electron chi connectivity index (χ2n) is 7.88. The summed E-state index contributed by atoms with van der Waals surface area (Å²) in [6.45, 7) is 2.26. The Morgan fingerprint density at radius 1 is 1.03 bits per heavy atom. The van der Waals surface area contributed by atoms with Crippen LogP contribution in [0.4, 0.5) is 0 Å². The molecule has 0 saturated heterocycles. The number of aliphatic imine (C=N–C) groups is 1. The van der Waals surface area contributed by atoms with Crippen LogP contribution in [-0.4, -0.2) is 37.2 Å². The number of halogens is 1. The molecule has 3 heterocycles. The zero-order valence-electron chi connectivity index (χ0n) is 17.3. The van der Waals surface area contributed by atoms with Crippen LogP contribution in [0.3, 0.4) is 0 Å². The highest BCUT2D eigenvalue weighted by molar-refractivity contribution is 6.30. The van der Waals surface area contributed by atoms with Crippen molar-refractivity contribution in [1.29, 1.82) is 0 Å². The lowest BCUT2D eigenvalue weighted by Crippen LogP contribution is -2.46. The molecule has 0 N–H and O–H groups in total. The third-order valence-corrected chi connectivity index (χ3v) is 6.34. The lowest BCUT2D eigenvalue weighted by Gasteiger charge is -2.38. The highest BCUT2D eigenvalue weighted by atomic mass is 35.5. The Morgan fingerprint density at radius 3 is 2.78 bits per heavy atom. The quantitative estimate of drug-likeness (QED) is 0.550. The second-order valence-corrected chi connectivity index (χ2v) is 8.32. The fourth-order valence-electron chi connectivity index (χ4n) is 4.70. The Bertz CT molecular complexity index is 1240. The Morgan fingerprint density at radius 2 is 1.88 bits per heavy atom. The third kappa shape index (κ3) is 3.00. The second kappa shape index (κ2) is 7.69. The molecule has 5 nitrogen and oxygen atoms in total. The van der Waals surface area contributed by atoms with Gasteiger partial charge in [0.25, 0.3) is 0 Å². The molecule has 1 atom stereocenters. The fraction of sp³-hybridized carbons (Fsp3) is 0.192. The maximum absolute atomic E-state index is 6.73. The van der Waals surface area contributed by atoms with E-state index < -0.39 is 5.72 Å². The number of amidine groups is 1. The van der Waals surface area contributed by atoms with Gasteiger partial charge in [-0.1, -0.05) is 66.2 Å². The molecule has 0 aromatic heterocycles. The van der Waals surface area contributed by atoms with Gasteiger partial charge in [-0.3, -0.25) is 4.99 Å². The lowest BCUT2D eigenvalue weighted by atomic mass is 9.93. The molecule has 0 fully saturated rings. The summed E-state index contributed by atoms with van der Waals surface area (Å²) >= 11 is 6.20. The van der Waals surface area contributed by atoms with Crippen LogP contribution in [0.2, 0.25) is 5.02 Å². The Kier molecular flexibility index (Phi) is 4.67. The van der Waals surface area contributed by atoms with Gasteiger partial charge in [-0.25, -0.2) is 0 Å². The minimum atomic E-state index is -0.740. The predicted molar refractivity (Wildman–Crippen MR) is 124 cm³/mol. The molecule has 32 heavy (non-hydrogen) atoms.